The van der Waals surface area contributed by atoms with Gasteiger partial charge in [0.15, 0.2) is 0 Å². The van der Waals surface area contributed by atoms with E-state index in [4.69, 9.17) is 0 Å². The summed E-state index contributed by atoms with van der Waals surface area (Å²) in [5, 5.41) is 3.34. The minimum Gasteiger partial charge on any atom is -0.319 e. The second-order valence-corrected chi connectivity index (χ2v) is 5.30. The van der Waals surface area contributed by atoms with Crippen molar-refractivity contribution < 1.29 is 9.18 Å². The number of nitrogens with zero attached hydrogens (tertiary/aromatic N) is 1. The summed E-state index contributed by atoms with van der Waals surface area (Å²) in [5.41, 5.74) is 0.821. The van der Waals surface area contributed by atoms with Crippen molar-refractivity contribution in [2.45, 2.75) is 58.3 Å². The number of carbonyl (C=O) groups excluding carboxylic acids is 1. The number of rotatable bonds is 5. The Morgan fingerprint density at radius 1 is 1.30 bits per heavy atom. The highest BCUT2D eigenvalue weighted by Crippen LogP contribution is 2.30. The van der Waals surface area contributed by atoms with Gasteiger partial charge in [-0.25, -0.2) is 4.39 Å². The van der Waals surface area contributed by atoms with E-state index in [2.05, 4.69) is 19.2 Å². The van der Waals surface area contributed by atoms with Crippen LogP contribution in [0.5, 0.6) is 0 Å². The first-order valence-corrected chi connectivity index (χ1v) is 7.46. The van der Waals surface area contributed by atoms with Crippen molar-refractivity contribution in [2.75, 3.05) is 0 Å². The molecule has 2 unspecified atom stereocenters. The zero-order valence-corrected chi connectivity index (χ0v) is 12.4. The number of halogens is 1. The lowest BCUT2D eigenvalue weighted by Crippen LogP contribution is -2.39. The third-order valence-corrected chi connectivity index (χ3v) is 4.10. The molecule has 110 valence electrons. The zero-order chi connectivity index (χ0) is 14.7. The van der Waals surface area contributed by atoms with Gasteiger partial charge in [0.25, 0.3) is 0 Å². The lowest BCUT2D eigenvalue weighted by molar-refractivity contribution is -0.132. The first-order chi connectivity index (χ1) is 9.62. The largest absolute Gasteiger partial charge is 0.319 e. The molecule has 3 nitrogen and oxygen atoms in total. The van der Waals surface area contributed by atoms with Gasteiger partial charge in [0, 0.05) is 6.04 Å². The van der Waals surface area contributed by atoms with Crippen molar-refractivity contribution in [2.24, 2.45) is 0 Å². The molecule has 1 aliphatic heterocycles. The highest BCUT2D eigenvalue weighted by Gasteiger charge is 2.41. The van der Waals surface area contributed by atoms with Crippen LogP contribution in [0.1, 0.15) is 51.8 Å². The summed E-state index contributed by atoms with van der Waals surface area (Å²) in [6.07, 6.45) is 2.35. The molecule has 4 heteroatoms. The van der Waals surface area contributed by atoms with Crippen LogP contribution in [0.15, 0.2) is 24.3 Å². The van der Waals surface area contributed by atoms with Crippen LogP contribution in [0.25, 0.3) is 0 Å². The Kier molecular flexibility index (Phi) is 4.76. The SMILES string of the molecule is CCC1NC(c2cccc(F)c2)N(C(CC)CC)C1=O. The molecule has 1 saturated heterocycles. The van der Waals surface area contributed by atoms with Crippen LogP contribution in [0, 0.1) is 5.82 Å². The van der Waals surface area contributed by atoms with Crippen LogP contribution in [0.4, 0.5) is 4.39 Å². The molecule has 0 spiro atoms. The molecule has 20 heavy (non-hydrogen) atoms. The fourth-order valence-electron chi connectivity index (χ4n) is 2.95. The van der Waals surface area contributed by atoms with Crippen molar-refractivity contribution >= 4 is 5.91 Å². The molecule has 0 radical (unpaired) electrons. The highest BCUT2D eigenvalue weighted by molar-refractivity contribution is 5.84. The summed E-state index contributed by atoms with van der Waals surface area (Å²) in [4.78, 5) is 14.4. The molecule has 2 atom stereocenters. The van der Waals surface area contributed by atoms with Gasteiger partial charge in [-0.2, -0.15) is 0 Å². The van der Waals surface area contributed by atoms with Gasteiger partial charge >= 0.3 is 0 Å². The Hall–Kier alpha value is -1.42. The summed E-state index contributed by atoms with van der Waals surface area (Å²) < 4.78 is 13.5. The molecule has 1 aromatic carbocycles. The summed E-state index contributed by atoms with van der Waals surface area (Å²) in [7, 11) is 0. The molecule has 0 aromatic heterocycles. The molecule has 0 aliphatic carbocycles. The van der Waals surface area contributed by atoms with E-state index >= 15 is 0 Å². The van der Waals surface area contributed by atoms with Crippen molar-refractivity contribution in [3.05, 3.63) is 35.6 Å². The average Bonchev–Trinajstić information content (AvgIpc) is 2.78. The number of nitrogens with one attached hydrogen (secondary N) is 1. The molecule has 1 aromatic rings. The topological polar surface area (TPSA) is 32.3 Å². The predicted octanol–water partition coefficient (Wildman–Crippen LogP) is 3.22. The molecular weight excluding hydrogens is 255 g/mol. The minimum absolute atomic E-state index is 0.135. The molecule has 1 aliphatic rings. The van der Waals surface area contributed by atoms with E-state index in [1.807, 2.05) is 17.9 Å². The first kappa shape index (κ1) is 15.0. The average molecular weight is 278 g/mol. The highest BCUT2D eigenvalue weighted by atomic mass is 19.1. The van der Waals surface area contributed by atoms with Crippen LogP contribution in [-0.4, -0.2) is 22.9 Å². The summed E-state index contributed by atoms with van der Waals surface area (Å²) in [5.74, 6) is -0.128. The Morgan fingerprint density at radius 3 is 2.55 bits per heavy atom. The molecule has 1 N–H and O–H groups in total. The second kappa shape index (κ2) is 6.35. The quantitative estimate of drug-likeness (QED) is 0.897. The van der Waals surface area contributed by atoms with Gasteiger partial charge in [0.2, 0.25) is 5.91 Å². The van der Waals surface area contributed by atoms with E-state index in [9.17, 15) is 9.18 Å². The standard InChI is InChI=1S/C16H23FN2O/c1-4-13(5-2)19-15(18-14(6-3)16(19)20)11-8-7-9-12(17)10-11/h7-10,13-15,18H,4-6H2,1-3H3. The van der Waals surface area contributed by atoms with Crippen LogP contribution >= 0.6 is 0 Å². The fourth-order valence-corrected chi connectivity index (χ4v) is 2.95. The smallest absolute Gasteiger partial charge is 0.241 e. The maximum absolute atomic E-state index is 13.5. The normalized spacial score (nSPS) is 22.9. The number of carbonyl (C=O) groups is 1. The summed E-state index contributed by atoms with van der Waals surface area (Å²) in [6, 6.07) is 6.55. The van der Waals surface area contributed by atoms with Gasteiger partial charge in [0.1, 0.15) is 12.0 Å². The summed E-state index contributed by atoms with van der Waals surface area (Å²) >= 11 is 0. The number of amides is 1. The molecule has 2 rings (SSSR count). The summed E-state index contributed by atoms with van der Waals surface area (Å²) in [6.45, 7) is 6.17. The van der Waals surface area contributed by atoms with Gasteiger partial charge in [-0.3, -0.25) is 10.1 Å². The van der Waals surface area contributed by atoms with Gasteiger partial charge < -0.3 is 4.90 Å². The second-order valence-electron chi connectivity index (χ2n) is 5.30. The van der Waals surface area contributed by atoms with Crippen LogP contribution in [0.3, 0.4) is 0 Å². The monoisotopic (exact) mass is 278 g/mol. The zero-order valence-electron chi connectivity index (χ0n) is 12.4. The Balaban J connectivity index is 2.35. The van der Waals surface area contributed by atoms with E-state index in [-0.39, 0.29) is 30.0 Å². The lowest BCUT2D eigenvalue weighted by Gasteiger charge is -2.31. The molecule has 1 fully saturated rings. The molecular formula is C16H23FN2O. The van der Waals surface area contributed by atoms with Gasteiger partial charge in [-0.15, -0.1) is 0 Å². The maximum Gasteiger partial charge on any atom is 0.241 e. The van der Waals surface area contributed by atoms with Gasteiger partial charge in [-0.1, -0.05) is 32.9 Å². The molecule has 1 amide bonds. The first-order valence-electron chi connectivity index (χ1n) is 7.46. The van der Waals surface area contributed by atoms with Gasteiger partial charge in [-0.05, 0) is 37.0 Å². The molecule has 0 bridgehead atoms. The lowest BCUT2D eigenvalue weighted by atomic mass is 10.1. The van der Waals surface area contributed by atoms with Crippen molar-refractivity contribution in [3.63, 3.8) is 0 Å². The van der Waals surface area contributed by atoms with Crippen molar-refractivity contribution in [1.29, 1.82) is 0 Å². The van der Waals surface area contributed by atoms with E-state index < -0.39 is 0 Å². The van der Waals surface area contributed by atoms with E-state index in [1.165, 1.54) is 12.1 Å². The van der Waals surface area contributed by atoms with Crippen LogP contribution in [-0.2, 0) is 4.79 Å². The van der Waals surface area contributed by atoms with Gasteiger partial charge in [0.05, 0.1) is 6.04 Å². The van der Waals surface area contributed by atoms with Crippen LogP contribution in [0.2, 0.25) is 0 Å². The third-order valence-electron chi connectivity index (χ3n) is 4.10. The fraction of sp³-hybridized carbons (Fsp3) is 0.562. The Bertz CT molecular complexity index is 473. The van der Waals surface area contributed by atoms with Crippen molar-refractivity contribution in [1.82, 2.24) is 10.2 Å². The van der Waals surface area contributed by atoms with E-state index in [1.54, 1.807) is 6.07 Å². The maximum atomic E-state index is 13.5. The number of hydrogen-bond donors (Lipinski definition) is 1. The molecule has 1 heterocycles. The molecule has 0 saturated carbocycles. The minimum atomic E-state index is -0.263. The van der Waals surface area contributed by atoms with Crippen molar-refractivity contribution in [3.8, 4) is 0 Å². The van der Waals surface area contributed by atoms with Crippen LogP contribution < -0.4 is 5.32 Å². The Labute approximate surface area is 120 Å². The van der Waals surface area contributed by atoms with E-state index in [0.717, 1.165) is 24.8 Å². The predicted molar refractivity (Wildman–Crippen MR) is 77.6 cm³/mol. The number of hydrogen-bond acceptors (Lipinski definition) is 2. The van der Waals surface area contributed by atoms with E-state index in [0.29, 0.717) is 0 Å². The number of benzene rings is 1. The Morgan fingerprint density at radius 2 is 2.00 bits per heavy atom. The third kappa shape index (κ3) is 2.70.